The first kappa shape index (κ1) is 28.3. The van der Waals surface area contributed by atoms with Crippen LogP contribution in [0, 0.1) is 0 Å². The van der Waals surface area contributed by atoms with Crippen molar-refractivity contribution in [1.82, 2.24) is 4.90 Å². The van der Waals surface area contributed by atoms with Crippen LogP contribution < -0.4 is 14.8 Å². The first-order chi connectivity index (χ1) is 19.5. The van der Waals surface area contributed by atoms with Gasteiger partial charge in [0, 0.05) is 17.0 Å². The molecule has 0 aromatic heterocycles. The van der Waals surface area contributed by atoms with Gasteiger partial charge in [-0.25, -0.2) is 9.59 Å². The maximum absolute atomic E-state index is 13.0. The molecule has 0 bridgehead atoms. The number of carbonyl (C=O) groups is 3. The quantitative estimate of drug-likeness (QED) is 0.380. The Hall–Kier alpha value is -4.24. The topological polar surface area (TPSA) is 103 Å². The zero-order chi connectivity index (χ0) is 29.3. The van der Waals surface area contributed by atoms with Crippen molar-refractivity contribution in [2.75, 3.05) is 12.4 Å². The number of rotatable bonds is 5. The first-order valence-electron chi connectivity index (χ1n) is 13.2. The van der Waals surface area contributed by atoms with Crippen LogP contribution in [0.3, 0.4) is 0 Å². The van der Waals surface area contributed by atoms with E-state index in [1.54, 1.807) is 63.2 Å². The van der Waals surface area contributed by atoms with Crippen molar-refractivity contribution >= 4 is 35.3 Å². The number of anilines is 1. The van der Waals surface area contributed by atoms with Crippen molar-refractivity contribution in [3.8, 4) is 11.5 Å². The van der Waals surface area contributed by atoms with E-state index in [1.807, 2.05) is 18.2 Å². The summed E-state index contributed by atoms with van der Waals surface area (Å²) in [5.74, 6) is 0.248. The van der Waals surface area contributed by atoms with E-state index in [1.165, 1.54) is 12.0 Å². The number of halogens is 1. The number of fused-ring (bicyclic) bond motifs is 2. The summed E-state index contributed by atoms with van der Waals surface area (Å²) in [5.41, 5.74) is 2.96. The van der Waals surface area contributed by atoms with Gasteiger partial charge >= 0.3 is 12.1 Å². The number of carbonyl (C=O) groups excluding carboxylic acids is 3. The minimum atomic E-state index is -0.879. The summed E-state index contributed by atoms with van der Waals surface area (Å²) in [6, 6.07) is 17.3. The van der Waals surface area contributed by atoms with E-state index in [0.717, 1.165) is 16.7 Å². The molecule has 2 atom stereocenters. The molecule has 214 valence electrons. The van der Waals surface area contributed by atoms with Gasteiger partial charge in [0.1, 0.15) is 29.7 Å². The van der Waals surface area contributed by atoms with E-state index in [4.69, 9.17) is 30.5 Å². The minimum absolute atomic E-state index is 0.123. The molecule has 10 heteroatoms. The molecule has 0 saturated carbocycles. The largest absolute Gasteiger partial charge is 0.489 e. The molecule has 2 heterocycles. The Morgan fingerprint density at radius 2 is 1.83 bits per heavy atom. The van der Waals surface area contributed by atoms with E-state index in [0.29, 0.717) is 34.4 Å². The Balaban J connectivity index is 1.33. The summed E-state index contributed by atoms with van der Waals surface area (Å²) < 4.78 is 22.5. The van der Waals surface area contributed by atoms with E-state index in [-0.39, 0.29) is 18.9 Å². The monoisotopic (exact) mass is 578 g/mol. The number of amides is 2. The van der Waals surface area contributed by atoms with Gasteiger partial charge in [0.25, 0.3) is 5.91 Å². The number of hydrogen-bond acceptors (Lipinski definition) is 7. The maximum atomic E-state index is 13.0. The normalized spacial score (nSPS) is 17.9. The molecule has 3 aromatic carbocycles. The molecule has 0 fully saturated rings. The molecule has 1 N–H and O–H groups in total. The predicted octanol–water partition coefficient (Wildman–Crippen LogP) is 5.83. The van der Waals surface area contributed by atoms with Gasteiger partial charge in [-0.3, -0.25) is 9.69 Å². The van der Waals surface area contributed by atoms with E-state index in [9.17, 15) is 14.4 Å². The van der Waals surface area contributed by atoms with Crippen LogP contribution >= 0.6 is 11.6 Å². The zero-order valence-electron chi connectivity index (χ0n) is 23.2. The Kier molecular flexibility index (Phi) is 7.82. The molecule has 2 aliphatic heterocycles. The molecule has 9 nitrogen and oxygen atoms in total. The highest BCUT2D eigenvalue weighted by atomic mass is 35.5. The number of nitrogens with one attached hydrogen (secondary N) is 1. The van der Waals surface area contributed by atoms with Crippen LogP contribution in [-0.4, -0.2) is 41.6 Å². The van der Waals surface area contributed by atoms with Gasteiger partial charge in [0.15, 0.2) is 0 Å². The van der Waals surface area contributed by atoms with Crippen molar-refractivity contribution in [1.29, 1.82) is 0 Å². The Labute approximate surface area is 243 Å². The second-order valence-electron chi connectivity index (χ2n) is 10.9. The summed E-state index contributed by atoms with van der Waals surface area (Å²) >= 11 is 6.04. The molecular weight excluding hydrogens is 548 g/mol. The smallest absolute Gasteiger partial charge is 0.411 e. The van der Waals surface area contributed by atoms with Gasteiger partial charge < -0.3 is 24.3 Å². The third kappa shape index (κ3) is 6.41. The highest BCUT2D eigenvalue weighted by Crippen LogP contribution is 2.40. The molecule has 2 aliphatic rings. The highest BCUT2D eigenvalue weighted by molar-refractivity contribution is 6.30. The van der Waals surface area contributed by atoms with Crippen molar-refractivity contribution in [3.05, 3.63) is 87.9 Å². The van der Waals surface area contributed by atoms with Crippen molar-refractivity contribution in [2.24, 2.45) is 0 Å². The van der Waals surface area contributed by atoms with Gasteiger partial charge in [-0.1, -0.05) is 35.9 Å². The van der Waals surface area contributed by atoms with Gasteiger partial charge in [-0.2, -0.15) is 0 Å². The lowest BCUT2D eigenvalue weighted by Crippen LogP contribution is -2.50. The molecule has 41 heavy (non-hydrogen) atoms. The number of esters is 1. The molecule has 0 saturated heterocycles. The van der Waals surface area contributed by atoms with Crippen LogP contribution in [-0.2, 0) is 38.6 Å². The molecule has 5 rings (SSSR count). The van der Waals surface area contributed by atoms with Crippen molar-refractivity contribution in [3.63, 3.8) is 0 Å². The number of benzene rings is 3. The lowest BCUT2D eigenvalue weighted by molar-refractivity contribution is -0.147. The first-order valence-corrected chi connectivity index (χ1v) is 13.6. The van der Waals surface area contributed by atoms with Gasteiger partial charge in [-0.15, -0.1) is 0 Å². The molecular formula is C31H31ClN2O7. The molecule has 0 radical (unpaired) electrons. The summed E-state index contributed by atoms with van der Waals surface area (Å²) in [6.45, 7) is 5.77. The van der Waals surface area contributed by atoms with E-state index in [2.05, 4.69) is 5.32 Å². The fourth-order valence-corrected chi connectivity index (χ4v) is 5.01. The van der Waals surface area contributed by atoms with E-state index < -0.39 is 29.8 Å². The standard InChI is InChI=1S/C31H31ClN2O7/c1-31(2,3)41-30(37)34-16-21-15-26-24(13-20(21)14-25(34)29(36)38-4)33-28(35)27(40-26)19-8-10-23(11-9-19)39-17-18-6-5-7-22(32)12-18/h5-13,15,25,27H,14,16-17H2,1-4H3,(H,33,35)/t25-,27?/m0/s1. The lowest BCUT2D eigenvalue weighted by Gasteiger charge is -2.37. The predicted molar refractivity (Wildman–Crippen MR) is 152 cm³/mol. The fourth-order valence-electron chi connectivity index (χ4n) is 4.80. The van der Waals surface area contributed by atoms with Crippen LogP contribution in [0.2, 0.25) is 5.02 Å². The number of nitrogens with zero attached hydrogens (tertiary/aromatic N) is 1. The van der Waals surface area contributed by atoms with Crippen LogP contribution in [0.5, 0.6) is 11.5 Å². The second-order valence-corrected chi connectivity index (χ2v) is 11.4. The van der Waals surface area contributed by atoms with Gasteiger partial charge in [0.05, 0.1) is 19.3 Å². The third-order valence-electron chi connectivity index (χ3n) is 6.75. The lowest BCUT2D eigenvalue weighted by atomic mass is 9.92. The number of hydrogen-bond donors (Lipinski definition) is 1. The maximum Gasteiger partial charge on any atom is 0.411 e. The highest BCUT2D eigenvalue weighted by Gasteiger charge is 2.39. The molecule has 0 spiro atoms. The Morgan fingerprint density at radius 3 is 2.51 bits per heavy atom. The fraction of sp³-hybridized carbons (Fsp3) is 0.323. The number of ether oxygens (including phenoxy) is 4. The zero-order valence-corrected chi connectivity index (χ0v) is 24.0. The summed E-state index contributed by atoms with van der Waals surface area (Å²) in [4.78, 5) is 39.9. The summed E-state index contributed by atoms with van der Waals surface area (Å²) in [6.07, 6.45) is -1.28. The average Bonchev–Trinajstić information content (AvgIpc) is 2.93. The van der Waals surface area contributed by atoms with Gasteiger partial charge in [-0.05, 0) is 73.9 Å². The van der Waals surface area contributed by atoms with Crippen LogP contribution in [0.15, 0.2) is 60.7 Å². The van der Waals surface area contributed by atoms with Crippen LogP contribution in [0.25, 0.3) is 0 Å². The van der Waals surface area contributed by atoms with E-state index >= 15 is 0 Å². The summed E-state index contributed by atoms with van der Waals surface area (Å²) in [7, 11) is 1.28. The SMILES string of the molecule is COC(=O)[C@@H]1Cc2cc3c(cc2CN1C(=O)OC(C)(C)C)OC(c1ccc(OCc2cccc(Cl)c2)cc1)C(=O)N3. The molecule has 0 aliphatic carbocycles. The second kappa shape index (κ2) is 11.3. The van der Waals surface area contributed by atoms with Crippen molar-refractivity contribution in [2.45, 2.75) is 58.1 Å². The van der Waals surface area contributed by atoms with Crippen LogP contribution in [0.1, 0.15) is 49.1 Å². The summed E-state index contributed by atoms with van der Waals surface area (Å²) in [5, 5.41) is 3.56. The molecule has 1 unspecified atom stereocenters. The molecule has 3 aromatic rings. The number of methoxy groups -OCH3 is 1. The van der Waals surface area contributed by atoms with Crippen molar-refractivity contribution < 1.29 is 33.3 Å². The molecule has 2 amide bonds. The Morgan fingerprint density at radius 1 is 1.07 bits per heavy atom. The Bertz CT molecular complexity index is 1480. The average molecular weight is 579 g/mol. The minimum Gasteiger partial charge on any atom is -0.489 e. The van der Waals surface area contributed by atoms with Crippen LogP contribution in [0.4, 0.5) is 10.5 Å². The van der Waals surface area contributed by atoms with Gasteiger partial charge in [0.2, 0.25) is 6.10 Å². The third-order valence-corrected chi connectivity index (χ3v) is 6.99.